The number of esters is 3. The molecule has 0 bridgehead atoms. The van der Waals surface area contributed by atoms with Gasteiger partial charge >= 0.3 is 17.9 Å². The van der Waals surface area contributed by atoms with Crippen molar-refractivity contribution in [1.29, 1.82) is 0 Å². The van der Waals surface area contributed by atoms with Gasteiger partial charge in [0, 0.05) is 0 Å². The van der Waals surface area contributed by atoms with Crippen LogP contribution in [-0.2, 0) is 14.3 Å². The molecule has 0 amide bonds. The van der Waals surface area contributed by atoms with Crippen molar-refractivity contribution in [2.45, 2.75) is 85.2 Å². The van der Waals surface area contributed by atoms with Crippen LogP contribution in [0.1, 0.15) is 99.8 Å². The van der Waals surface area contributed by atoms with Gasteiger partial charge in [-0.1, -0.05) is 90.0 Å². The second-order valence-electron chi connectivity index (χ2n) is 11.2. The number of rotatable bonds is 18. The summed E-state index contributed by atoms with van der Waals surface area (Å²) in [6, 6.07) is 21.0. The molecule has 236 valence electrons. The lowest BCUT2D eigenvalue weighted by Gasteiger charge is -2.15. The van der Waals surface area contributed by atoms with Gasteiger partial charge < -0.3 is 18.9 Å². The third kappa shape index (κ3) is 11.5. The van der Waals surface area contributed by atoms with Gasteiger partial charge in [-0.3, -0.25) is 0 Å². The molecule has 0 spiro atoms. The lowest BCUT2D eigenvalue weighted by molar-refractivity contribution is -0.154. The third-order valence-electron chi connectivity index (χ3n) is 7.45. The second kappa shape index (κ2) is 18.5. The quantitative estimate of drug-likeness (QED) is 0.0816. The maximum absolute atomic E-state index is 12.7. The summed E-state index contributed by atoms with van der Waals surface area (Å²) in [5.74, 6) is -0.192. The summed E-state index contributed by atoms with van der Waals surface area (Å²) in [5, 5.41) is 0. The highest BCUT2D eigenvalue weighted by Gasteiger charge is 2.21. The van der Waals surface area contributed by atoms with Gasteiger partial charge in [-0.2, -0.15) is 0 Å². The molecular formula is C37H46O7. The smallest absolute Gasteiger partial charge is 0.347 e. The van der Waals surface area contributed by atoms with Crippen molar-refractivity contribution in [3.63, 3.8) is 0 Å². The number of benzene rings is 3. The molecule has 7 nitrogen and oxygen atoms in total. The third-order valence-corrected chi connectivity index (χ3v) is 7.45. The average Bonchev–Trinajstić information content (AvgIpc) is 3.05. The summed E-state index contributed by atoms with van der Waals surface area (Å²) in [6.45, 7) is 8.70. The maximum Gasteiger partial charge on any atom is 0.347 e. The Bertz CT molecular complexity index is 1300. The minimum Gasteiger partial charge on any atom is -0.494 e. The Morgan fingerprint density at radius 2 is 1.16 bits per heavy atom. The van der Waals surface area contributed by atoms with E-state index in [9.17, 15) is 14.4 Å². The Hall–Kier alpha value is -4.13. The maximum atomic E-state index is 12.7. The van der Waals surface area contributed by atoms with Crippen LogP contribution in [0.2, 0.25) is 0 Å². The van der Waals surface area contributed by atoms with E-state index in [2.05, 4.69) is 6.92 Å². The molecule has 3 rings (SSSR count). The molecule has 0 aliphatic rings. The fraction of sp³-hybridized carbons (Fsp3) is 0.432. The first kappa shape index (κ1) is 34.4. The number of carbonyl (C=O) groups excluding carboxylic acids is 3. The monoisotopic (exact) mass is 602 g/mol. The normalized spacial score (nSPS) is 12.2. The lowest BCUT2D eigenvalue weighted by atomic mass is 10.0. The molecule has 2 atom stereocenters. The fourth-order valence-electron chi connectivity index (χ4n) is 4.35. The summed E-state index contributed by atoms with van der Waals surface area (Å²) in [4.78, 5) is 37.3. The van der Waals surface area contributed by atoms with Crippen molar-refractivity contribution >= 4 is 17.9 Å². The van der Waals surface area contributed by atoms with E-state index < -0.39 is 24.0 Å². The minimum absolute atomic E-state index is 0.248. The minimum atomic E-state index is -0.993. The van der Waals surface area contributed by atoms with E-state index in [-0.39, 0.29) is 5.92 Å². The molecule has 7 heteroatoms. The van der Waals surface area contributed by atoms with Crippen LogP contribution >= 0.6 is 0 Å². The molecule has 0 aromatic heterocycles. The lowest BCUT2D eigenvalue weighted by Crippen LogP contribution is -2.27. The van der Waals surface area contributed by atoms with Crippen molar-refractivity contribution in [1.82, 2.24) is 0 Å². The summed E-state index contributed by atoms with van der Waals surface area (Å²) < 4.78 is 21.8. The molecule has 0 saturated heterocycles. The predicted molar refractivity (Wildman–Crippen MR) is 172 cm³/mol. The predicted octanol–water partition coefficient (Wildman–Crippen LogP) is 8.84. The zero-order valence-corrected chi connectivity index (χ0v) is 26.5. The Balaban J connectivity index is 1.44. The standard InChI is InChI=1S/C37H46O7/c1-5-7-8-9-10-11-12-25-41-33-21-19-32(20-22-33)37(40)44-34-23-17-30(18-24-34)29-13-15-31(16-14-29)36(39)43-28(4)35(38)42-26-27(3)6-2/h13-24,27-28H,5-12,25-26H2,1-4H3/t27-,28-/m0/s1. The van der Waals surface area contributed by atoms with Gasteiger partial charge in [0.15, 0.2) is 6.10 Å². The van der Waals surface area contributed by atoms with Gasteiger partial charge in [-0.15, -0.1) is 0 Å². The van der Waals surface area contributed by atoms with E-state index in [0.29, 0.717) is 30.1 Å². The van der Waals surface area contributed by atoms with Crippen LogP contribution < -0.4 is 9.47 Å². The van der Waals surface area contributed by atoms with Crippen LogP contribution in [0.15, 0.2) is 72.8 Å². The molecule has 0 saturated carbocycles. The van der Waals surface area contributed by atoms with Crippen LogP contribution in [-0.4, -0.2) is 37.2 Å². The van der Waals surface area contributed by atoms with E-state index in [1.165, 1.54) is 45.4 Å². The largest absolute Gasteiger partial charge is 0.494 e. The van der Waals surface area contributed by atoms with Gasteiger partial charge in [-0.05, 0) is 78.9 Å². The first-order chi connectivity index (χ1) is 21.3. The van der Waals surface area contributed by atoms with Gasteiger partial charge in [0.1, 0.15) is 11.5 Å². The summed E-state index contributed by atoms with van der Waals surface area (Å²) in [6.07, 6.45) is 8.52. The van der Waals surface area contributed by atoms with Crippen LogP contribution in [0.4, 0.5) is 0 Å². The van der Waals surface area contributed by atoms with Crippen LogP contribution in [0.3, 0.4) is 0 Å². The van der Waals surface area contributed by atoms with E-state index in [4.69, 9.17) is 18.9 Å². The first-order valence-corrected chi connectivity index (χ1v) is 15.8. The molecule has 0 fully saturated rings. The zero-order chi connectivity index (χ0) is 31.7. The van der Waals surface area contributed by atoms with Gasteiger partial charge in [0.25, 0.3) is 0 Å². The second-order valence-corrected chi connectivity index (χ2v) is 11.2. The topological polar surface area (TPSA) is 88.1 Å². The molecule has 0 N–H and O–H groups in total. The van der Waals surface area contributed by atoms with Gasteiger partial charge in [0.2, 0.25) is 0 Å². The van der Waals surface area contributed by atoms with Crippen molar-refractivity contribution in [3.8, 4) is 22.6 Å². The molecule has 0 radical (unpaired) electrons. The number of carbonyl (C=O) groups is 3. The van der Waals surface area contributed by atoms with E-state index in [1.807, 2.05) is 26.0 Å². The van der Waals surface area contributed by atoms with Crippen molar-refractivity contribution in [3.05, 3.63) is 83.9 Å². The van der Waals surface area contributed by atoms with Gasteiger partial charge in [0.05, 0.1) is 24.3 Å². The molecule has 0 aliphatic heterocycles. The van der Waals surface area contributed by atoms with E-state index in [1.54, 1.807) is 60.7 Å². The highest BCUT2D eigenvalue weighted by molar-refractivity contribution is 5.92. The SMILES string of the molecule is CCCCCCCCCOc1ccc(C(=O)Oc2ccc(-c3ccc(C(=O)O[C@@H](C)C(=O)OC[C@@H](C)CC)cc3)cc2)cc1. The fourth-order valence-corrected chi connectivity index (χ4v) is 4.35. The number of unbranched alkanes of at least 4 members (excludes halogenated alkanes) is 6. The first-order valence-electron chi connectivity index (χ1n) is 15.8. The Labute approximate surface area is 261 Å². The molecular weight excluding hydrogens is 556 g/mol. The van der Waals surface area contributed by atoms with Crippen LogP contribution in [0, 0.1) is 5.92 Å². The van der Waals surface area contributed by atoms with E-state index in [0.717, 1.165) is 29.7 Å². The Morgan fingerprint density at radius 1 is 0.636 bits per heavy atom. The summed E-state index contributed by atoms with van der Waals surface area (Å²) >= 11 is 0. The number of hydrogen-bond donors (Lipinski definition) is 0. The van der Waals surface area contributed by atoms with Crippen molar-refractivity contribution in [2.75, 3.05) is 13.2 Å². The molecule has 3 aromatic rings. The van der Waals surface area contributed by atoms with Crippen molar-refractivity contribution in [2.24, 2.45) is 5.92 Å². The van der Waals surface area contributed by atoms with Crippen LogP contribution in [0.25, 0.3) is 11.1 Å². The average molecular weight is 603 g/mol. The molecule has 44 heavy (non-hydrogen) atoms. The van der Waals surface area contributed by atoms with Crippen LogP contribution in [0.5, 0.6) is 11.5 Å². The Kier molecular flexibility index (Phi) is 14.5. The van der Waals surface area contributed by atoms with Gasteiger partial charge in [-0.25, -0.2) is 14.4 Å². The van der Waals surface area contributed by atoms with Crippen molar-refractivity contribution < 1.29 is 33.3 Å². The number of ether oxygens (including phenoxy) is 4. The molecule has 3 aromatic carbocycles. The van der Waals surface area contributed by atoms with E-state index >= 15 is 0 Å². The Morgan fingerprint density at radius 3 is 1.77 bits per heavy atom. The zero-order valence-electron chi connectivity index (χ0n) is 26.5. The highest BCUT2D eigenvalue weighted by Crippen LogP contribution is 2.24. The highest BCUT2D eigenvalue weighted by atomic mass is 16.6. The molecule has 0 heterocycles. The summed E-state index contributed by atoms with van der Waals surface area (Å²) in [7, 11) is 0. The molecule has 0 aliphatic carbocycles. The molecule has 0 unspecified atom stereocenters. The number of hydrogen-bond acceptors (Lipinski definition) is 7. The summed E-state index contributed by atoms with van der Waals surface area (Å²) in [5.41, 5.74) is 2.52.